The zero-order valence-electron chi connectivity index (χ0n) is 17.6. The summed E-state index contributed by atoms with van der Waals surface area (Å²) in [5, 5.41) is 3.77. The number of para-hydroxylation sites is 3. The number of hydrogen-bond acceptors (Lipinski definition) is 7. The fourth-order valence-corrected chi connectivity index (χ4v) is 4.39. The molecule has 2 aromatic carbocycles. The zero-order valence-corrected chi connectivity index (χ0v) is 18.4. The van der Waals surface area contributed by atoms with Crippen molar-refractivity contribution in [3.8, 4) is 11.5 Å². The van der Waals surface area contributed by atoms with E-state index in [9.17, 15) is 9.59 Å². The van der Waals surface area contributed by atoms with Gasteiger partial charge in [-0.1, -0.05) is 36.0 Å². The zero-order chi connectivity index (χ0) is 22.6. The van der Waals surface area contributed by atoms with Gasteiger partial charge < -0.3 is 19.2 Å². The van der Waals surface area contributed by atoms with E-state index in [1.807, 2.05) is 30.3 Å². The molecule has 1 atom stereocenters. The summed E-state index contributed by atoms with van der Waals surface area (Å²) in [5.41, 5.74) is 0.407. The number of ether oxygens (including phenoxy) is 2. The first-order valence-corrected chi connectivity index (χ1v) is 11.5. The molecule has 4 aromatic rings. The number of furan rings is 1. The normalized spacial score (nSPS) is 14.8. The molecule has 1 unspecified atom stereocenters. The van der Waals surface area contributed by atoms with Crippen molar-refractivity contribution in [2.24, 2.45) is 0 Å². The minimum atomic E-state index is -0.368. The van der Waals surface area contributed by atoms with E-state index in [2.05, 4.69) is 10.3 Å². The van der Waals surface area contributed by atoms with Crippen LogP contribution >= 0.6 is 11.8 Å². The smallest absolute Gasteiger partial charge is 0.262 e. The van der Waals surface area contributed by atoms with Crippen molar-refractivity contribution in [2.75, 3.05) is 12.4 Å². The lowest BCUT2D eigenvalue weighted by molar-refractivity contribution is -0.118. The van der Waals surface area contributed by atoms with Crippen molar-refractivity contribution < 1.29 is 18.7 Å². The van der Waals surface area contributed by atoms with E-state index >= 15 is 0 Å². The molecule has 2 aromatic heterocycles. The van der Waals surface area contributed by atoms with Gasteiger partial charge in [-0.15, -0.1) is 0 Å². The largest absolute Gasteiger partial charge is 0.486 e. The Morgan fingerprint density at radius 3 is 2.76 bits per heavy atom. The van der Waals surface area contributed by atoms with Crippen LogP contribution < -0.4 is 20.3 Å². The average Bonchev–Trinajstić information content (AvgIpc) is 3.37. The van der Waals surface area contributed by atoms with Crippen LogP contribution in [0.25, 0.3) is 10.9 Å². The molecule has 1 aliphatic heterocycles. The van der Waals surface area contributed by atoms with Gasteiger partial charge >= 0.3 is 0 Å². The van der Waals surface area contributed by atoms with E-state index in [0.29, 0.717) is 46.5 Å². The van der Waals surface area contributed by atoms with Crippen molar-refractivity contribution in [3.05, 3.63) is 83.0 Å². The van der Waals surface area contributed by atoms with Gasteiger partial charge in [0.05, 0.1) is 36.0 Å². The maximum Gasteiger partial charge on any atom is 0.262 e. The predicted octanol–water partition coefficient (Wildman–Crippen LogP) is 3.24. The molecular weight excluding hydrogens is 442 g/mol. The van der Waals surface area contributed by atoms with Crippen molar-refractivity contribution >= 4 is 28.6 Å². The second kappa shape index (κ2) is 9.41. The van der Waals surface area contributed by atoms with Crippen LogP contribution in [0.15, 0.2) is 81.3 Å². The number of carbonyl (C=O) groups excluding carboxylic acids is 1. The topological polar surface area (TPSA) is 95.6 Å². The molecule has 1 amide bonds. The molecule has 1 N–H and O–H groups in total. The summed E-state index contributed by atoms with van der Waals surface area (Å²) in [6.07, 6.45) is 1.19. The molecule has 3 heterocycles. The van der Waals surface area contributed by atoms with Crippen LogP contribution in [0.5, 0.6) is 11.5 Å². The Labute approximate surface area is 193 Å². The highest BCUT2D eigenvalue weighted by Crippen LogP contribution is 2.31. The highest BCUT2D eigenvalue weighted by molar-refractivity contribution is 7.99. The van der Waals surface area contributed by atoms with Crippen LogP contribution in [-0.4, -0.2) is 33.9 Å². The molecule has 0 saturated carbocycles. The lowest BCUT2D eigenvalue weighted by Gasteiger charge is -2.27. The van der Waals surface area contributed by atoms with E-state index in [1.54, 1.807) is 41.2 Å². The van der Waals surface area contributed by atoms with Gasteiger partial charge in [0.15, 0.2) is 22.8 Å². The first-order chi connectivity index (χ1) is 16.2. The molecule has 9 heteroatoms. The highest BCUT2D eigenvalue weighted by Gasteiger charge is 2.24. The maximum absolute atomic E-state index is 13.3. The fraction of sp³-hybridized carbons (Fsp3) is 0.208. The predicted molar refractivity (Wildman–Crippen MR) is 124 cm³/mol. The second-order valence-electron chi connectivity index (χ2n) is 7.47. The molecule has 0 aliphatic carbocycles. The highest BCUT2D eigenvalue weighted by atomic mass is 32.2. The molecule has 0 radical (unpaired) electrons. The van der Waals surface area contributed by atoms with Crippen molar-refractivity contribution in [3.63, 3.8) is 0 Å². The van der Waals surface area contributed by atoms with E-state index < -0.39 is 0 Å². The lowest BCUT2D eigenvalue weighted by Crippen LogP contribution is -2.37. The quantitative estimate of drug-likeness (QED) is 0.332. The Bertz CT molecular complexity index is 1340. The molecule has 1 aliphatic rings. The number of hydrogen-bond donors (Lipinski definition) is 1. The summed E-state index contributed by atoms with van der Waals surface area (Å²) < 4.78 is 18.7. The second-order valence-corrected chi connectivity index (χ2v) is 8.41. The first-order valence-electron chi connectivity index (χ1n) is 10.5. The summed E-state index contributed by atoms with van der Waals surface area (Å²) in [6, 6.07) is 18.2. The third-order valence-electron chi connectivity index (χ3n) is 5.15. The number of rotatable bonds is 7. The number of carbonyl (C=O) groups is 1. The van der Waals surface area contributed by atoms with E-state index in [4.69, 9.17) is 13.9 Å². The minimum absolute atomic E-state index is 0.107. The minimum Gasteiger partial charge on any atom is -0.486 e. The number of nitrogens with one attached hydrogen (secondary N) is 1. The Balaban J connectivity index is 1.36. The van der Waals surface area contributed by atoms with E-state index in [-0.39, 0.29) is 29.9 Å². The molecule has 8 nitrogen and oxygen atoms in total. The van der Waals surface area contributed by atoms with Crippen LogP contribution in [0, 0.1) is 0 Å². The summed E-state index contributed by atoms with van der Waals surface area (Å²) >= 11 is 1.21. The molecule has 5 rings (SSSR count). The number of fused-ring (bicyclic) bond motifs is 2. The monoisotopic (exact) mass is 463 g/mol. The molecule has 0 fully saturated rings. The summed E-state index contributed by atoms with van der Waals surface area (Å²) in [6.45, 7) is 0.863. The van der Waals surface area contributed by atoms with Crippen LogP contribution in [-0.2, 0) is 17.9 Å². The summed E-state index contributed by atoms with van der Waals surface area (Å²) in [5.74, 6) is 1.92. The number of benzene rings is 2. The van der Waals surface area contributed by atoms with Gasteiger partial charge in [-0.05, 0) is 36.4 Å². The Hall–Kier alpha value is -3.72. The van der Waals surface area contributed by atoms with Crippen LogP contribution in [0.1, 0.15) is 5.76 Å². The molecular formula is C24H21N3O5S. The lowest BCUT2D eigenvalue weighted by atomic mass is 10.2. The number of aromatic nitrogens is 2. The van der Waals surface area contributed by atoms with Gasteiger partial charge in [-0.2, -0.15) is 0 Å². The van der Waals surface area contributed by atoms with Crippen molar-refractivity contribution in [1.82, 2.24) is 14.9 Å². The molecule has 0 spiro atoms. The van der Waals surface area contributed by atoms with Gasteiger partial charge in [-0.3, -0.25) is 14.2 Å². The Morgan fingerprint density at radius 1 is 1.09 bits per heavy atom. The number of nitrogens with zero attached hydrogens (tertiary/aromatic N) is 2. The summed E-state index contributed by atoms with van der Waals surface area (Å²) in [4.78, 5) is 30.3. The van der Waals surface area contributed by atoms with Crippen LogP contribution in [0.2, 0.25) is 0 Å². The fourth-order valence-electron chi connectivity index (χ4n) is 3.56. The van der Waals surface area contributed by atoms with Crippen LogP contribution in [0.4, 0.5) is 0 Å². The van der Waals surface area contributed by atoms with Crippen LogP contribution in [0.3, 0.4) is 0 Å². The van der Waals surface area contributed by atoms with Gasteiger partial charge in [0.25, 0.3) is 5.56 Å². The molecule has 168 valence electrons. The third-order valence-corrected chi connectivity index (χ3v) is 6.13. The first kappa shape index (κ1) is 21.1. The Morgan fingerprint density at radius 2 is 1.91 bits per heavy atom. The SMILES string of the molecule is O=C(CSc1nc2ccccc2c(=O)n1CC1COc2ccccc2O1)NCc1ccco1. The molecule has 33 heavy (non-hydrogen) atoms. The van der Waals surface area contributed by atoms with Crippen molar-refractivity contribution in [2.45, 2.75) is 24.3 Å². The Kier molecular flexibility index (Phi) is 6.03. The van der Waals surface area contributed by atoms with E-state index in [0.717, 1.165) is 0 Å². The molecule has 0 saturated heterocycles. The number of amides is 1. The third kappa shape index (κ3) is 4.73. The van der Waals surface area contributed by atoms with Gasteiger partial charge in [0.2, 0.25) is 5.91 Å². The average molecular weight is 464 g/mol. The molecule has 0 bridgehead atoms. The van der Waals surface area contributed by atoms with E-state index in [1.165, 1.54) is 11.8 Å². The number of thioether (sulfide) groups is 1. The van der Waals surface area contributed by atoms with Gasteiger partial charge in [-0.25, -0.2) is 4.98 Å². The van der Waals surface area contributed by atoms with Crippen molar-refractivity contribution in [1.29, 1.82) is 0 Å². The summed E-state index contributed by atoms with van der Waals surface area (Å²) in [7, 11) is 0. The standard InChI is InChI=1S/C24H21N3O5S/c28-22(25-12-16-6-5-11-30-16)15-33-24-26-19-8-2-1-7-18(19)23(29)27(24)13-17-14-31-20-9-3-4-10-21(20)32-17/h1-11,17H,12-15H2,(H,25,28). The van der Waals surface area contributed by atoms with Gasteiger partial charge in [0, 0.05) is 0 Å². The maximum atomic E-state index is 13.3. The van der Waals surface area contributed by atoms with Gasteiger partial charge in [0.1, 0.15) is 12.4 Å².